The number of aliphatic hydroxyl groups excluding tert-OH is 1. The lowest BCUT2D eigenvalue weighted by Gasteiger charge is -2.25. The topological polar surface area (TPSA) is 57.6 Å². The number of nitrogens with zero attached hydrogens (tertiary/aromatic N) is 1. The van der Waals surface area contributed by atoms with Crippen molar-refractivity contribution in [2.24, 2.45) is 0 Å². The third kappa shape index (κ3) is 3.37. The van der Waals surface area contributed by atoms with Crippen molar-refractivity contribution in [2.45, 2.75) is 13.0 Å². The molecule has 1 saturated heterocycles. The van der Waals surface area contributed by atoms with E-state index in [1.165, 1.54) is 53.4 Å². The number of hydrogen-bond donors (Lipinski definition) is 1. The lowest BCUT2D eigenvalue weighted by Crippen LogP contribution is -2.29. The van der Waals surface area contributed by atoms with Gasteiger partial charge >= 0.3 is 0 Å². The molecule has 0 spiro atoms. The highest BCUT2D eigenvalue weighted by atomic mass is 19.1. The van der Waals surface area contributed by atoms with Gasteiger partial charge in [0, 0.05) is 11.3 Å². The van der Waals surface area contributed by atoms with Crippen LogP contribution in [0.3, 0.4) is 0 Å². The first-order valence-electron chi connectivity index (χ1n) is 9.26. The van der Waals surface area contributed by atoms with Gasteiger partial charge in [-0.25, -0.2) is 8.78 Å². The average Bonchev–Trinajstić information content (AvgIpc) is 3.00. The van der Waals surface area contributed by atoms with Crippen LogP contribution in [0.2, 0.25) is 0 Å². The van der Waals surface area contributed by atoms with Crippen molar-refractivity contribution < 1.29 is 23.5 Å². The van der Waals surface area contributed by atoms with Crippen LogP contribution in [0.15, 0.2) is 78.4 Å². The zero-order valence-corrected chi connectivity index (χ0v) is 16.0. The van der Waals surface area contributed by atoms with Crippen LogP contribution < -0.4 is 4.90 Å². The number of hydrogen-bond acceptors (Lipinski definition) is 3. The molecule has 150 valence electrons. The second kappa shape index (κ2) is 7.55. The Labute approximate surface area is 171 Å². The molecule has 1 fully saturated rings. The molecule has 0 aromatic heterocycles. The van der Waals surface area contributed by atoms with E-state index in [9.17, 15) is 23.5 Å². The minimum atomic E-state index is -0.989. The molecule has 4 nitrogen and oxygen atoms in total. The molecule has 0 radical (unpaired) electrons. The predicted octanol–water partition coefficient (Wildman–Crippen LogP) is 4.90. The van der Waals surface area contributed by atoms with Crippen LogP contribution in [-0.4, -0.2) is 16.8 Å². The number of aryl methyl sites for hydroxylation is 1. The standard InChI is InChI=1S/C24H17F2NO3/c1-14-2-4-16(5-3-14)22(28)20-21(15-6-8-17(25)9-7-15)27(24(30)23(20)29)19-12-10-18(26)11-13-19/h2-13,21,28H,1H3/b22-20+/t21-/m0/s1. The van der Waals surface area contributed by atoms with E-state index in [0.717, 1.165) is 5.56 Å². The van der Waals surface area contributed by atoms with Gasteiger partial charge in [0.1, 0.15) is 17.4 Å². The zero-order chi connectivity index (χ0) is 21.4. The van der Waals surface area contributed by atoms with Gasteiger partial charge in [-0.3, -0.25) is 14.5 Å². The van der Waals surface area contributed by atoms with Crippen LogP contribution in [0.1, 0.15) is 22.7 Å². The minimum Gasteiger partial charge on any atom is -0.507 e. The fraction of sp³-hybridized carbons (Fsp3) is 0.0833. The van der Waals surface area contributed by atoms with E-state index in [0.29, 0.717) is 11.1 Å². The fourth-order valence-corrected chi connectivity index (χ4v) is 3.53. The van der Waals surface area contributed by atoms with E-state index in [4.69, 9.17) is 0 Å². The number of aliphatic hydroxyl groups is 1. The number of carbonyl (C=O) groups excluding carboxylic acids is 2. The molecule has 0 aliphatic carbocycles. The second-order valence-corrected chi connectivity index (χ2v) is 7.06. The Morgan fingerprint density at radius 1 is 0.833 bits per heavy atom. The first-order valence-corrected chi connectivity index (χ1v) is 9.26. The first-order chi connectivity index (χ1) is 14.4. The highest BCUT2D eigenvalue weighted by Crippen LogP contribution is 2.42. The number of Topliss-reactive ketones (excluding diaryl/α,β-unsaturated/α-hetero) is 1. The molecule has 0 bridgehead atoms. The fourth-order valence-electron chi connectivity index (χ4n) is 3.53. The molecule has 3 aromatic rings. The van der Waals surface area contributed by atoms with Gasteiger partial charge in [0.2, 0.25) is 0 Å². The highest BCUT2D eigenvalue weighted by molar-refractivity contribution is 6.51. The summed E-state index contributed by atoms with van der Waals surface area (Å²) in [5.74, 6) is -3.02. The van der Waals surface area contributed by atoms with Crippen LogP contribution in [0.25, 0.3) is 5.76 Å². The van der Waals surface area contributed by atoms with Crippen molar-refractivity contribution in [3.8, 4) is 0 Å². The summed E-state index contributed by atoms with van der Waals surface area (Å²) in [4.78, 5) is 27.0. The monoisotopic (exact) mass is 405 g/mol. The Balaban J connectivity index is 1.93. The van der Waals surface area contributed by atoms with Crippen molar-refractivity contribution in [3.05, 3.63) is 107 Å². The van der Waals surface area contributed by atoms with E-state index >= 15 is 0 Å². The zero-order valence-electron chi connectivity index (χ0n) is 16.0. The largest absolute Gasteiger partial charge is 0.507 e. The maximum Gasteiger partial charge on any atom is 0.300 e. The van der Waals surface area contributed by atoms with E-state index < -0.39 is 29.4 Å². The average molecular weight is 405 g/mol. The van der Waals surface area contributed by atoms with E-state index in [1.54, 1.807) is 24.3 Å². The second-order valence-electron chi connectivity index (χ2n) is 7.06. The van der Waals surface area contributed by atoms with Gasteiger partial charge in [-0.15, -0.1) is 0 Å². The lowest BCUT2D eigenvalue weighted by atomic mass is 9.95. The van der Waals surface area contributed by atoms with Crippen LogP contribution in [0, 0.1) is 18.6 Å². The first kappa shape index (κ1) is 19.5. The summed E-state index contributed by atoms with van der Waals surface area (Å²) in [6.07, 6.45) is 0. The third-order valence-electron chi connectivity index (χ3n) is 5.06. The van der Waals surface area contributed by atoms with Crippen LogP contribution in [0.4, 0.5) is 14.5 Å². The molecule has 0 saturated carbocycles. The predicted molar refractivity (Wildman–Crippen MR) is 109 cm³/mol. The Kier molecular flexibility index (Phi) is 4.91. The van der Waals surface area contributed by atoms with E-state index in [-0.39, 0.29) is 17.0 Å². The van der Waals surface area contributed by atoms with Gasteiger partial charge < -0.3 is 5.11 Å². The summed E-state index contributed by atoms with van der Waals surface area (Å²) >= 11 is 0. The van der Waals surface area contributed by atoms with Gasteiger partial charge in [-0.2, -0.15) is 0 Å². The van der Waals surface area contributed by atoms with Crippen molar-refractivity contribution in [2.75, 3.05) is 4.90 Å². The molecule has 30 heavy (non-hydrogen) atoms. The molecule has 4 rings (SSSR count). The summed E-state index contributed by atoms with van der Waals surface area (Å²) in [5, 5.41) is 10.9. The number of halogens is 2. The van der Waals surface area contributed by atoms with E-state index in [1.807, 2.05) is 6.92 Å². The third-order valence-corrected chi connectivity index (χ3v) is 5.06. The normalized spacial score (nSPS) is 18.1. The quantitative estimate of drug-likeness (QED) is 0.383. The molecule has 6 heteroatoms. The number of ketones is 1. The molecule has 1 heterocycles. The molecular weight excluding hydrogens is 388 g/mol. The molecule has 1 N–H and O–H groups in total. The summed E-state index contributed by atoms with van der Waals surface area (Å²) < 4.78 is 26.9. The SMILES string of the molecule is Cc1ccc(/C(O)=C2\C(=O)C(=O)N(c3ccc(F)cc3)[C@H]2c2ccc(F)cc2)cc1. The molecule has 1 aliphatic rings. The van der Waals surface area contributed by atoms with Crippen molar-refractivity contribution in [1.29, 1.82) is 0 Å². The Bertz CT molecular complexity index is 1150. The van der Waals surface area contributed by atoms with Crippen LogP contribution in [-0.2, 0) is 9.59 Å². The van der Waals surface area contributed by atoms with Gasteiger partial charge in [0.25, 0.3) is 11.7 Å². The number of benzene rings is 3. The molecule has 0 unspecified atom stereocenters. The summed E-state index contributed by atoms with van der Waals surface area (Å²) in [6, 6.07) is 16.3. The highest BCUT2D eigenvalue weighted by Gasteiger charge is 2.46. The summed E-state index contributed by atoms with van der Waals surface area (Å²) in [6.45, 7) is 1.88. The van der Waals surface area contributed by atoms with E-state index in [2.05, 4.69) is 0 Å². The van der Waals surface area contributed by atoms with Gasteiger partial charge in [-0.1, -0.05) is 42.0 Å². The van der Waals surface area contributed by atoms with Crippen LogP contribution in [0.5, 0.6) is 0 Å². The smallest absolute Gasteiger partial charge is 0.300 e. The summed E-state index contributed by atoms with van der Waals surface area (Å²) in [5.41, 5.74) is 1.96. The van der Waals surface area contributed by atoms with Gasteiger partial charge in [-0.05, 0) is 48.9 Å². The molecule has 3 aromatic carbocycles. The molecular formula is C24H17F2NO3. The maximum atomic E-state index is 13.5. The maximum absolute atomic E-state index is 13.5. The van der Waals surface area contributed by atoms with Crippen molar-refractivity contribution in [1.82, 2.24) is 0 Å². The Morgan fingerprint density at radius 2 is 1.37 bits per heavy atom. The van der Waals surface area contributed by atoms with Crippen molar-refractivity contribution in [3.63, 3.8) is 0 Å². The summed E-state index contributed by atoms with van der Waals surface area (Å²) in [7, 11) is 0. The number of carbonyl (C=O) groups is 2. The molecule has 1 aliphatic heterocycles. The Hall–Kier alpha value is -3.80. The van der Waals surface area contributed by atoms with Crippen molar-refractivity contribution >= 4 is 23.1 Å². The lowest BCUT2D eigenvalue weighted by molar-refractivity contribution is -0.132. The molecule has 1 amide bonds. The Morgan fingerprint density at radius 3 is 1.93 bits per heavy atom. The number of rotatable bonds is 3. The van der Waals surface area contributed by atoms with Gasteiger partial charge in [0.15, 0.2) is 0 Å². The van der Waals surface area contributed by atoms with Gasteiger partial charge in [0.05, 0.1) is 11.6 Å². The number of amides is 1. The molecule has 1 atom stereocenters. The minimum absolute atomic E-state index is 0.111. The van der Waals surface area contributed by atoms with Crippen LogP contribution >= 0.6 is 0 Å². The number of anilines is 1.